The number of likely N-dealkylation sites (tertiary alicyclic amines) is 4. The summed E-state index contributed by atoms with van der Waals surface area (Å²) in [5, 5.41) is 37.3. The van der Waals surface area contributed by atoms with Crippen molar-refractivity contribution in [1.82, 2.24) is 50.2 Å². The highest BCUT2D eigenvalue weighted by Gasteiger charge is 2.17. The molecule has 0 atom stereocenters. The summed E-state index contributed by atoms with van der Waals surface area (Å²) in [6.45, 7) is 22.4. The summed E-state index contributed by atoms with van der Waals surface area (Å²) in [7, 11) is 10.0. The molecule has 92 heavy (non-hydrogen) atoms. The van der Waals surface area contributed by atoms with Crippen LogP contribution in [0.4, 0.5) is 40.3 Å². The number of anilines is 5. The Morgan fingerprint density at radius 1 is 0.565 bits per heavy atom. The van der Waals surface area contributed by atoms with Gasteiger partial charge in [-0.25, -0.2) is 15.0 Å². The lowest BCUT2D eigenvalue weighted by Gasteiger charge is -2.30. The predicted octanol–water partition coefficient (Wildman–Crippen LogP) is 8.63. The second-order valence-electron chi connectivity index (χ2n) is 22.0. The largest absolute Gasteiger partial charge is 0.496 e. The van der Waals surface area contributed by atoms with Gasteiger partial charge in [0.25, 0.3) is 11.4 Å². The number of unbranched alkanes of at least 4 members (excludes halogenated alkanes) is 1. The maximum Gasteiger partial charge on any atom is 0.270 e. The van der Waals surface area contributed by atoms with Gasteiger partial charge in [-0.15, -0.1) is 0 Å². The van der Waals surface area contributed by atoms with Crippen LogP contribution < -0.4 is 57.0 Å². The van der Waals surface area contributed by atoms with Crippen molar-refractivity contribution in [3.05, 3.63) is 144 Å². The molecule has 2 aromatic heterocycles. The highest BCUT2D eigenvalue weighted by atomic mass is 35.5. The van der Waals surface area contributed by atoms with Crippen LogP contribution in [0.1, 0.15) is 77.0 Å². The third-order valence-corrected chi connectivity index (χ3v) is 15.5. The maximum absolute atomic E-state index is 10.8. The molecule has 4 saturated heterocycles. The van der Waals surface area contributed by atoms with E-state index in [0.717, 1.165) is 109 Å². The highest BCUT2D eigenvalue weighted by Crippen LogP contribution is 2.28. The Kier molecular flexibility index (Phi) is 33.6. The summed E-state index contributed by atoms with van der Waals surface area (Å²) in [6, 6.07) is 24.2. The number of nitrogen functional groups attached to an aromatic ring is 1. The Hall–Kier alpha value is -8.08. The number of non-ortho nitro benzene ring substituents is 2. The van der Waals surface area contributed by atoms with Gasteiger partial charge < -0.3 is 76.6 Å². The Morgan fingerprint density at radius 3 is 1.51 bits per heavy atom. The highest BCUT2D eigenvalue weighted by molar-refractivity contribution is 6.28. The van der Waals surface area contributed by atoms with Crippen molar-refractivity contribution in [3.63, 3.8) is 0 Å². The zero-order valence-electron chi connectivity index (χ0n) is 54.8. The van der Waals surface area contributed by atoms with E-state index in [4.69, 9.17) is 42.0 Å². The number of rotatable bonds is 28. The molecule has 27 heteroatoms. The van der Waals surface area contributed by atoms with Gasteiger partial charge in [0.15, 0.2) is 6.29 Å². The first-order chi connectivity index (χ1) is 44.5. The average Bonchev–Trinajstić information content (AvgIpc) is 1.30. The third-order valence-electron chi connectivity index (χ3n) is 15.3. The molecule has 0 unspecified atom stereocenters. The van der Waals surface area contributed by atoms with Crippen LogP contribution in [0.25, 0.3) is 0 Å². The number of hydrogen-bond donors (Lipinski definition) is 7. The number of aldehydes is 1. The van der Waals surface area contributed by atoms with Gasteiger partial charge in [-0.3, -0.25) is 25.0 Å². The van der Waals surface area contributed by atoms with Crippen molar-refractivity contribution < 1.29 is 33.6 Å². The molecule has 4 aromatic carbocycles. The van der Waals surface area contributed by atoms with E-state index < -0.39 is 4.92 Å². The number of nitrogens with two attached hydrogens (primary N) is 2. The molecule has 0 radical (unpaired) electrons. The Bertz CT molecular complexity index is 3170. The lowest BCUT2D eigenvalue weighted by atomic mass is 10.1. The normalized spacial score (nSPS) is 13.9. The number of carbonyl (C=O) groups is 1. The first-order valence-corrected chi connectivity index (χ1v) is 31.6. The van der Waals surface area contributed by atoms with Crippen LogP contribution in [0.3, 0.4) is 0 Å². The lowest BCUT2D eigenvalue weighted by molar-refractivity contribution is -0.385. The van der Waals surface area contributed by atoms with Gasteiger partial charge in [-0.2, -0.15) is 4.98 Å². The molecule has 26 nitrogen and oxygen atoms in total. The van der Waals surface area contributed by atoms with Crippen LogP contribution in [0.5, 0.6) is 23.0 Å². The molecular formula is C65H96ClN17O9. The van der Waals surface area contributed by atoms with Crippen LogP contribution in [0.15, 0.2) is 84.9 Å². The molecule has 502 valence electrons. The summed E-state index contributed by atoms with van der Waals surface area (Å²) < 4.78 is 20.9. The summed E-state index contributed by atoms with van der Waals surface area (Å²) in [6.07, 6.45) is 9.31. The molecule has 10 rings (SSSR count). The molecule has 4 fully saturated rings. The number of aryl methyl sites for hydroxylation is 3. The van der Waals surface area contributed by atoms with Crippen LogP contribution in [-0.4, -0.2) is 196 Å². The number of ether oxygens (including phenoxy) is 4. The molecular weight excluding hydrogens is 1200 g/mol. The maximum atomic E-state index is 10.8. The first-order valence-electron chi connectivity index (χ1n) is 31.2. The van der Waals surface area contributed by atoms with E-state index in [2.05, 4.69) is 72.2 Å². The molecule has 4 aliphatic heterocycles. The smallest absolute Gasteiger partial charge is 0.270 e. The standard InChI is InChI=1S/C20H29N5O.C13H19N3O3.C13H21N3O.C8H7NO4.C6H8ClN3.C5H12N2/c1-15-13-19(21-2)24-20(22-15)23-17-8-9-18(26-3)16(14-17)7-4-5-10-25-11-6-12-25;1-19-13-4-3-12(16(17)18)9-11(13)10-14-5-8-15-6-2-7-15;1-17-13-4-3-12(14)9-11(13)10-15-5-8-16-6-2-7-16;1-13-8-3-2-7(9(11)12)4-6(8)5-10;1-4-3-5(8-2)10-6(7)9-4;6-2-5-7-3-1-4-7/h8-9,13-14H,4-7,10-12H2,1-3H3,(H2,21,22,23,24);3-4,9,14H,2,5-8,10H2,1H3;3-4,9,15H,2,5-8,10,14H2,1H3;2-5H,1H3;3H,1-2H3,(H,8,9,10);1-6H2. The van der Waals surface area contributed by atoms with E-state index in [9.17, 15) is 25.0 Å². The van der Waals surface area contributed by atoms with Crippen LogP contribution in [-0.2, 0) is 19.5 Å². The summed E-state index contributed by atoms with van der Waals surface area (Å²) >= 11 is 5.57. The number of nitro groups is 2. The number of nitrogens with zero attached hydrogens (tertiary/aromatic N) is 10. The average molecular weight is 1300 g/mol. The van der Waals surface area contributed by atoms with E-state index in [0.29, 0.717) is 30.3 Å². The molecule has 0 bridgehead atoms. The SMILES string of the molecule is CNc1cc(C)nc(Cl)n1.CNc1cc(C)nc(Nc2ccc(OC)c(CCCCN3CCC3)c2)n1.COc1ccc(N)cc1CNCCN1CCC1.COc1ccc([N+](=O)[O-])cc1C=O.COc1ccc([N+](=O)[O-])cc1CNCCN1CCC1.NCCN1CCC1. The van der Waals surface area contributed by atoms with Gasteiger partial charge in [-0.05, 0) is 183 Å². The topological polar surface area (TPSA) is 317 Å². The zero-order chi connectivity index (χ0) is 66.6. The molecule has 0 amide bonds. The van der Waals surface area contributed by atoms with E-state index in [-0.39, 0.29) is 27.1 Å². The molecule has 9 N–H and O–H groups in total. The zero-order valence-corrected chi connectivity index (χ0v) is 55.6. The fraction of sp³-hybridized carbons (Fsp3) is 0.492. The predicted molar refractivity (Wildman–Crippen MR) is 366 cm³/mol. The monoisotopic (exact) mass is 1290 g/mol. The van der Waals surface area contributed by atoms with Crippen molar-refractivity contribution >= 4 is 58.2 Å². The van der Waals surface area contributed by atoms with Crippen molar-refractivity contribution in [2.24, 2.45) is 5.73 Å². The summed E-state index contributed by atoms with van der Waals surface area (Å²) in [5.41, 5.74) is 17.9. The number of hydrogen-bond acceptors (Lipinski definition) is 24. The number of methoxy groups -OCH3 is 4. The third kappa shape index (κ3) is 26.6. The van der Waals surface area contributed by atoms with Gasteiger partial charge in [-0.1, -0.05) is 0 Å². The Morgan fingerprint density at radius 2 is 1.03 bits per heavy atom. The van der Waals surface area contributed by atoms with Crippen molar-refractivity contribution in [2.75, 3.05) is 162 Å². The molecule has 0 aliphatic carbocycles. The molecule has 0 saturated carbocycles. The second kappa shape index (κ2) is 41.4. The summed E-state index contributed by atoms with van der Waals surface area (Å²) in [4.78, 5) is 57.0. The number of carbonyl (C=O) groups excluding carboxylic acids is 1. The molecule has 4 aliphatic rings. The van der Waals surface area contributed by atoms with Gasteiger partial charge in [0, 0.05) is 137 Å². The summed E-state index contributed by atoms with van der Waals surface area (Å²) in [5.74, 6) is 5.01. The van der Waals surface area contributed by atoms with Gasteiger partial charge >= 0.3 is 0 Å². The Labute approximate surface area is 546 Å². The van der Waals surface area contributed by atoms with E-state index >= 15 is 0 Å². The van der Waals surface area contributed by atoms with Crippen molar-refractivity contribution in [2.45, 2.75) is 71.9 Å². The van der Waals surface area contributed by atoms with Crippen LogP contribution >= 0.6 is 11.6 Å². The fourth-order valence-corrected chi connectivity index (χ4v) is 9.87. The second-order valence-corrected chi connectivity index (χ2v) is 22.4. The minimum absolute atomic E-state index is 0.0975. The number of halogens is 1. The number of benzene rings is 4. The van der Waals surface area contributed by atoms with E-state index in [1.54, 1.807) is 40.5 Å². The van der Waals surface area contributed by atoms with Gasteiger partial charge in [0.2, 0.25) is 11.2 Å². The van der Waals surface area contributed by atoms with E-state index in [1.807, 2.05) is 63.4 Å². The number of nitrogens with one attached hydrogen (secondary N) is 5. The quantitative estimate of drug-likeness (QED) is 0.00603. The first kappa shape index (κ1) is 74.6. The van der Waals surface area contributed by atoms with E-state index in [1.165, 1.54) is 134 Å². The van der Waals surface area contributed by atoms with Crippen molar-refractivity contribution in [1.29, 1.82) is 0 Å². The van der Waals surface area contributed by atoms with Crippen molar-refractivity contribution in [3.8, 4) is 23.0 Å². The fourth-order valence-electron chi connectivity index (χ4n) is 9.65. The molecule has 6 heterocycles. The molecule has 6 aromatic rings. The minimum atomic E-state index is -0.563. The number of nitro benzene ring substituents is 2. The van der Waals surface area contributed by atoms with Crippen LogP contribution in [0, 0.1) is 34.1 Å². The van der Waals surface area contributed by atoms with Gasteiger partial charge in [0.05, 0.1) is 43.8 Å². The van der Waals surface area contributed by atoms with Gasteiger partial charge in [0.1, 0.15) is 34.6 Å². The lowest BCUT2D eigenvalue weighted by Crippen LogP contribution is -2.41. The Balaban J connectivity index is 0.000000209. The van der Waals surface area contributed by atoms with Crippen LogP contribution in [0.2, 0.25) is 5.28 Å². The molecule has 0 spiro atoms. The number of aromatic nitrogens is 4. The minimum Gasteiger partial charge on any atom is -0.496 e.